The van der Waals surface area contributed by atoms with Crippen LogP contribution in [0.2, 0.25) is 0 Å². The minimum atomic E-state index is -1.15. The lowest BCUT2D eigenvalue weighted by Gasteiger charge is -2.25. The van der Waals surface area contributed by atoms with Gasteiger partial charge in [-0.2, -0.15) is 5.10 Å². The second-order valence-corrected chi connectivity index (χ2v) is 8.89. The van der Waals surface area contributed by atoms with Crippen LogP contribution in [0, 0.1) is 5.82 Å². The number of benzene rings is 1. The molecule has 1 saturated carbocycles. The van der Waals surface area contributed by atoms with Gasteiger partial charge in [0.05, 0.1) is 18.0 Å². The average Bonchev–Trinajstić information content (AvgIpc) is 3.43. The van der Waals surface area contributed by atoms with E-state index < -0.39 is 24.0 Å². The monoisotopic (exact) mass is 452 g/mol. The molecule has 0 spiro atoms. The van der Waals surface area contributed by atoms with Gasteiger partial charge in [0.15, 0.2) is 5.65 Å². The number of hydrogen-bond donors (Lipinski definition) is 2. The molecule has 1 saturated heterocycles. The number of nitrogens with zero attached hydrogens (tertiary/aromatic N) is 4. The summed E-state index contributed by atoms with van der Waals surface area (Å²) in [5.41, 5.74) is 3.16. The van der Waals surface area contributed by atoms with Crippen molar-refractivity contribution in [1.29, 1.82) is 0 Å². The molecule has 3 aromatic rings. The van der Waals surface area contributed by atoms with E-state index in [-0.39, 0.29) is 30.3 Å². The summed E-state index contributed by atoms with van der Waals surface area (Å²) < 4.78 is 15.2. The molecule has 1 aromatic carbocycles. The largest absolute Gasteiger partial charge is 0.480 e. The van der Waals surface area contributed by atoms with Crippen molar-refractivity contribution in [3.63, 3.8) is 0 Å². The van der Waals surface area contributed by atoms with Gasteiger partial charge >= 0.3 is 5.97 Å². The van der Waals surface area contributed by atoms with Crippen LogP contribution >= 0.6 is 0 Å². The molecule has 33 heavy (non-hydrogen) atoms. The molecule has 0 radical (unpaired) electrons. The molecule has 9 heteroatoms. The van der Waals surface area contributed by atoms with Gasteiger partial charge in [-0.05, 0) is 30.5 Å². The van der Waals surface area contributed by atoms with Gasteiger partial charge in [-0.15, -0.1) is 0 Å². The van der Waals surface area contributed by atoms with Crippen molar-refractivity contribution in [2.45, 2.75) is 56.6 Å². The second-order valence-electron chi connectivity index (χ2n) is 8.89. The Kier molecular flexibility index (Phi) is 5.57. The van der Waals surface area contributed by atoms with Crippen molar-refractivity contribution in [3.8, 4) is 11.1 Å². The summed E-state index contributed by atoms with van der Waals surface area (Å²) in [6, 6.07) is 5.16. The third kappa shape index (κ3) is 3.86. The predicted molar refractivity (Wildman–Crippen MR) is 117 cm³/mol. The van der Waals surface area contributed by atoms with Crippen molar-refractivity contribution >= 4 is 17.5 Å². The van der Waals surface area contributed by atoms with E-state index in [1.54, 1.807) is 22.8 Å². The Labute approximate surface area is 189 Å². The Balaban J connectivity index is 1.62. The highest BCUT2D eigenvalue weighted by Crippen LogP contribution is 2.38. The zero-order valence-electron chi connectivity index (χ0n) is 18.0. The van der Waals surface area contributed by atoms with E-state index in [4.69, 9.17) is 0 Å². The topological polar surface area (TPSA) is 108 Å². The Morgan fingerprint density at radius 3 is 2.48 bits per heavy atom. The number of hydrogen-bond acceptors (Lipinski definition) is 5. The van der Waals surface area contributed by atoms with Gasteiger partial charge in [0, 0.05) is 30.6 Å². The second kappa shape index (κ2) is 8.55. The van der Waals surface area contributed by atoms with E-state index in [0.717, 1.165) is 42.5 Å². The molecule has 0 unspecified atom stereocenters. The lowest BCUT2D eigenvalue weighted by Crippen LogP contribution is -2.40. The van der Waals surface area contributed by atoms with Crippen molar-refractivity contribution in [1.82, 2.24) is 19.5 Å². The Morgan fingerprint density at radius 2 is 1.79 bits per heavy atom. The first-order chi connectivity index (χ1) is 15.9. The van der Waals surface area contributed by atoms with Crippen LogP contribution < -0.4 is 0 Å². The highest BCUT2D eigenvalue weighted by atomic mass is 19.1. The number of carboxylic acid groups (broad SMARTS) is 1. The van der Waals surface area contributed by atoms with Gasteiger partial charge in [-0.1, -0.05) is 31.4 Å². The van der Waals surface area contributed by atoms with Crippen molar-refractivity contribution < 1.29 is 24.2 Å². The molecule has 5 rings (SSSR count). The van der Waals surface area contributed by atoms with E-state index in [1.165, 1.54) is 29.7 Å². The van der Waals surface area contributed by atoms with E-state index in [9.17, 15) is 24.2 Å². The van der Waals surface area contributed by atoms with Crippen LogP contribution in [0.3, 0.4) is 0 Å². The molecule has 2 aromatic heterocycles. The molecule has 1 amide bonds. The number of carbonyl (C=O) groups is 2. The first kappa shape index (κ1) is 21.5. The number of aliphatic hydroxyl groups is 1. The zero-order chi connectivity index (χ0) is 23.1. The van der Waals surface area contributed by atoms with Crippen LogP contribution in [0.5, 0.6) is 0 Å². The van der Waals surface area contributed by atoms with Gasteiger partial charge in [0.25, 0.3) is 5.91 Å². The number of aromatic nitrogens is 3. The molecule has 2 aliphatic rings. The summed E-state index contributed by atoms with van der Waals surface area (Å²) in [4.78, 5) is 30.6. The number of halogens is 1. The van der Waals surface area contributed by atoms with Crippen LogP contribution in [0.1, 0.15) is 60.5 Å². The molecule has 2 atom stereocenters. The van der Waals surface area contributed by atoms with Crippen LogP contribution in [0.15, 0.2) is 36.7 Å². The zero-order valence-corrected chi connectivity index (χ0v) is 18.0. The maximum Gasteiger partial charge on any atom is 0.326 e. The molecule has 1 aliphatic carbocycles. The molecular formula is C24H25FN4O4. The lowest BCUT2D eigenvalue weighted by atomic mass is 9.84. The lowest BCUT2D eigenvalue weighted by molar-refractivity contribution is -0.141. The first-order valence-corrected chi connectivity index (χ1v) is 11.3. The van der Waals surface area contributed by atoms with Crippen molar-refractivity contribution in [2.75, 3.05) is 6.54 Å². The molecule has 1 aliphatic heterocycles. The number of carbonyl (C=O) groups excluding carboxylic acids is 1. The third-order valence-corrected chi connectivity index (χ3v) is 6.77. The minimum absolute atomic E-state index is 0.00421. The van der Waals surface area contributed by atoms with Gasteiger partial charge in [-0.3, -0.25) is 4.79 Å². The third-order valence-electron chi connectivity index (χ3n) is 6.77. The summed E-state index contributed by atoms with van der Waals surface area (Å²) in [7, 11) is 0. The van der Waals surface area contributed by atoms with Crippen molar-refractivity contribution in [2.24, 2.45) is 0 Å². The van der Waals surface area contributed by atoms with E-state index in [0.29, 0.717) is 5.65 Å². The number of aliphatic hydroxyl groups excluding tert-OH is 1. The molecule has 3 heterocycles. The molecule has 172 valence electrons. The fraction of sp³-hybridized carbons (Fsp3) is 0.417. The predicted octanol–water partition coefficient (Wildman–Crippen LogP) is 3.24. The molecular weight excluding hydrogens is 427 g/mol. The standard InChI is InChI=1S/C24H25FN4O4/c25-16-8-6-14(7-9-16)18-11-26-22-19(23(31)28-13-17(30)10-20(28)24(32)33)12-27-29(22)21(18)15-4-2-1-3-5-15/h6-9,11-12,15,17,20,30H,1-5,10,13H2,(H,32,33)/t17-,20+/m1/s1. The Morgan fingerprint density at radius 1 is 1.06 bits per heavy atom. The summed E-state index contributed by atoms with van der Waals surface area (Å²) in [5.74, 6) is -1.76. The fourth-order valence-corrected chi connectivity index (χ4v) is 5.15. The number of amides is 1. The van der Waals surface area contributed by atoms with Crippen LogP contribution in [0.25, 0.3) is 16.8 Å². The number of rotatable bonds is 4. The first-order valence-electron chi connectivity index (χ1n) is 11.3. The normalized spacial score (nSPS) is 21.6. The smallest absolute Gasteiger partial charge is 0.326 e. The number of fused-ring (bicyclic) bond motifs is 1. The van der Waals surface area contributed by atoms with Gasteiger partial charge < -0.3 is 15.1 Å². The Hall–Kier alpha value is -3.33. The highest BCUT2D eigenvalue weighted by molar-refractivity contribution is 6.01. The van der Waals surface area contributed by atoms with Crippen LogP contribution in [0.4, 0.5) is 4.39 Å². The van der Waals surface area contributed by atoms with Crippen LogP contribution in [-0.4, -0.2) is 60.3 Å². The van der Waals surface area contributed by atoms with E-state index in [1.807, 2.05) is 0 Å². The highest BCUT2D eigenvalue weighted by Gasteiger charge is 2.40. The fourth-order valence-electron chi connectivity index (χ4n) is 5.15. The maximum atomic E-state index is 13.5. The summed E-state index contributed by atoms with van der Waals surface area (Å²) in [6.07, 6.45) is 7.56. The number of likely N-dealkylation sites (tertiary alicyclic amines) is 1. The molecule has 8 nitrogen and oxygen atoms in total. The molecule has 2 N–H and O–H groups in total. The number of carboxylic acids is 1. The maximum absolute atomic E-state index is 13.5. The van der Waals surface area contributed by atoms with Gasteiger partial charge in [0.2, 0.25) is 0 Å². The van der Waals surface area contributed by atoms with Crippen molar-refractivity contribution in [3.05, 3.63) is 53.7 Å². The minimum Gasteiger partial charge on any atom is -0.480 e. The molecule has 0 bridgehead atoms. The summed E-state index contributed by atoms with van der Waals surface area (Å²) in [6.45, 7) is -0.0454. The summed E-state index contributed by atoms with van der Waals surface area (Å²) in [5, 5.41) is 23.9. The number of β-amino-alcohol motifs (C(OH)–C–C–N with tert-alkyl or cyclic N) is 1. The van der Waals surface area contributed by atoms with Crippen LogP contribution in [-0.2, 0) is 4.79 Å². The van der Waals surface area contributed by atoms with E-state index in [2.05, 4.69) is 10.1 Å². The molecule has 2 fully saturated rings. The van der Waals surface area contributed by atoms with Gasteiger partial charge in [0.1, 0.15) is 17.4 Å². The summed E-state index contributed by atoms with van der Waals surface area (Å²) >= 11 is 0. The van der Waals surface area contributed by atoms with Gasteiger partial charge in [-0.25, -0.2) is 18.7 Å². The van der Waals surface area contributed by atoms with E-state index >= 15 is 0 Å². The SMILES string of the molecule is O=C(O)[C@@H]1C[C@@H](O)CN1C(=O)c1cnn2c(C3CCCCC3)c(-c3ccc(F)cc3)cnc12. The average molecular weight is 452 g/mol. The number of aliphatic carboxylic acids is 1. The Bertz CT molecular complexity index is 1200. The quantitative estimate of drug-likeness (QED) is 0.629.